The topological polar surface area (TPSA) is 24.9 Å². The first kappa shape index (κ1) is 14.7. The maximum Gasteiger partial charge on any atom is 0.107 e. The van der Waals surface area contributed by atoms with Crippen LogP contribution in [0.1, 0.15) is 62.3 Å². The molecule has 0 fully saturated rings. The summed E-state index contributed by atoms with van der Waals surface area (Å²) in [5, 5.41) is 4.71. The van der Waals surface area contributed by atoms with E-state index in [-0.39, 0.29) is 0 Å². The van der Waals surface area contributed by atoms with Crippen molar-refractivity contribution in [2.24, 2.45) is 0 Å². The first-order valence-electron chi connectivity index (χ1n) is 7.01. The van der Waals surface area contributed by atoms with Crippen LogP contribution in [0.3, 0.4) is 0 Å². The van der Waals surface area contributed by atoms with Gasteiger partial charge >= 0.3 is 0 Å². The average molecular weight is 254 g/mol. The van der Waals surface area contributed by atoms with Crippen molar-refractivity contribution in [3.63, 3.8) is 0 Å². The van der Waals surface area contributed by atoms with E-state index in [4.69, 9.17) is 0 Å². The smallest absolute Gasteiger partial charge is 0.107 e. The van der Waals surface area contributed by atoms with E-state index < -0.39 is 0 Å². The molecule has 1 aromatic rings. The first-order valence-corrected chi connectivity index (χ1v) is 7.82. The molecule has 0 aromatic carbocycles. The predicted octanol–water partition coefficient (Wildman–Crippen LogP) is 4.16. The highest BCUT2D eigenvalue weighted by Crippen LogP contribution is 2.12. The molecule has 0 radical (unpaired) electrons. The number of rotatable bonds is 10. The van der Waals surface area contributed by atoms with Gasteiger partial charge in [0.15, 0.2) is 0 Å². The summed E-state index contributed by atoms with van der Waals surface area (Å²) in [6.07, 6.45) is 11.3. The summed E-state index contributed by atoms with van der Waals surface area (Å²) in [6.45, 7) is 6.52. The Kier molecular flexibility index (Phi) is 8.28. The van der Waals surface area contributed by atoms with Crippen LogP contribution in [0.4, 0.5) is 0 Å². The molecule has 1 aromatic heterocycles. The zero-order chi connectivity index (χ0) is 12.3. The molecule has 0 unspecified atom stereocenters. The SMILES string of the molecule is CCCCCCCCNCc1ncc(CC)s1. The van der Waals surface area contributed by atoms with Gasteiger partial charge in [0.2, 0.25) is 0 Å². The summed E-state index contributed by atoms with van der Waals surface area (Å²) in [5.74, 6) is 0. The Hall–Kier alpha value is -0.410. The van der Waals surface area contributed by atoms with E-state index in [0.717, 1.165) is 19.5 Å². The van der Waals surface area contributed by atoms with Crippen molar-refractivity contribution in [3.05, 3.63) is 16.1 Å². The number of hydrogen-bond donors (Lipinski definition) is 1. The fourth-order valence-corrected chi connectivity index (χ4v) is 2.65. The molecule has 0 aliphatic rings. The Labute approximate surface area is 110 Å². The third-order valence-electron chi connectivity index (χ3n) is 2.93. The molecule has 1 heterocycles. The molecule has 0 amide bonds. The van der Waals surface area contributed by atoms with Crippen LogP contribution in [0.25, 0.3) is 0 Å². The summed E-state index contributed by atoms with van der Waals surface area (Å²) in [4.78, 5) is 5.79. The summed E-state index contributed by atoms with van der Waals surface area (Å²) in [6, 6.07) is 0. The van der Waals surface area contributed by atoms with Gasteiger partial charge in [0.1, 0.15) is 5.01 Å². The molecule has 0 spiro atoms. The van der Waals surface area contributed by atoms with E-state index in [1.165, 1.54) is 48.4 Å². The van der Waals surface area contributed by atoms with Crippen LogP contribution in [0.5, 0.6) is 0 Å². The number of unbranched alkanes of at least 4 members (excludes halogenated alkanes) is 5. The summed E-state index contributed by atoms with van der Waals surface area (Å²) < 4.78 is 0. The van der Waals surface area contributed by atoms with Crippen molar-refractivity contribution in [1.82, 2.24) is 10.3 Å². The molecule has 0 aliphatic heterocycles. The van der Waals surface area contributed by atoms with Crippen molar-refractivity contribution in [1.29, 1.82) is 0 Å². The lowest BCUT2D eigenvalue weighted by Gasteiger charge is -2.02. The zero-order valence-corrected chi connectivity index (χ0v) is 12.1. The lowest BCUT2D eigenvalue weighted by Crippen LogP contribution is -2.14. The Balaban J connectivity index is 1.93. The minimum atomic E-state index is 0.944. The summed E-state index contributed by atoms with van der Waals surface area (Å²) >= 11 is 1.83. The van der Waals surface area contributed by atoms with Gasteiger partial charge in [-0.05, 0) is 19.4 Å². The van der Waals surface area contributed by atoms with Gasteiger partial charge in [0.25, 0.3) is 0 Å². The molecule has 0 saturated carbocycles. The second-order valence-corrected chi connectivity index (χ2v) is 5.72. The van der Waals surface area contributed by atoms with Crippen LogP contribution in [-0.2, 0) is 13.0 Å². The van der Waals surface area contributed by atoms with Crippen LogP contribution in [0, 0.1) is 0 Å². The number of nitrogens with one attached hydrogen (secondary N) is 1. The minimum absolute atomic E-state index is 0.944. The molecule has 0 saturated heterocycles. The quantitative estimate of drug-likeness (QED) is 0.634. The standard InChI is InChI=1S/C14H26N2S/c1-3-5-6-7-8-9-10-15-12-14-16-11-13(4-2)17-14/h11,15H,3-10,12H2,1-2H3. The number of aromatic nitrogens is 1. The Morgan fingerprint density at radius 3 is 2.59 bits per heavy atom. The first-order chi connectivity index (χ1) is 8.36. The Morgan fingerprint density at radius 2 is 1.88 bits per heavy atom. The van der Waals surface area contributed by atoms with E-state index in [9.17, 15) is 0 Å². The van der Waals surface area contributed by atoms with Gasteiger partial charge in [-0.1, -0.05) is 46.0 Å². The second kappa shape index (κ2) is 9.60. The van der Waals surface area contributed by atoms with Gasteiger partial charge in [0, 0.05) is 17.6 Å². The maximum atomic E-state index is 4.40. The molecular formula is C14H26N2S. The lowest BCUT2D eigenvalue weighted by atomic mass is 10.1. The lowest BCUT2D eigenvalue weighted by molar-refractivity contribution is 0.571. The third kappa shape index (κ3) is 6.79. The van der Waals surface area contributed by atoms with Crippen molar-refractivity contribution < 1.29 is 0 Å². The fraction of sp³-hybridized carbons (Fsp3) is 0.786. The highest BCUT2D eigenvalue weighted by atomic mass is 32.1. The molecular weight excluding hydrogens is 228 g/mol. The highest BCUT2D eigenvalue weighted by Gasteiger charge is 1.99. The molecule has 3 heteroatoms. The van der Waals surface area contributed by atoms with E-state index in [1.54, 1.807) is 0 Å². The second-order valence-electron chi connectivity index (χ2n) is 4.52. The van der Waals surface area contributed by atoms with E-state index >= 15 is 0 Å². The Morgan fingerprint density at radius 1 is 1.12 bits per heavy atom. The monoisotopic (exact) mass is 254 g/mol. The van der Waals surface area contributed by atoms with Crippen LogP contribution < -0.4 is 5.32 Å². The summed E-state index contributed by atoms with van der Waals surface area (Å²) in [7, 11) is 0. The normalized spacial score (nSPS) is 10.9. The van der Waals surface area contributed by atoms with E-state index in [0.29, 0.717) is 0 Å². The molecule has 17 heavy (non-hydrogen) atoms. The van der Waals surface area contributed by atoms with E-state index in [1.807, 2.05) is 17.5 Å². The van der Waals surface area contributed by atoms with Gasteiger partial charge in [-0.3, -0.25) is 0 Å². The van der Waals surface area contributed by atoms with Crippen LogP contribution in [0.2, 0.25) is 0 Å². The van der Waals surface area contributed by atoms with Gasteiger partial charge < -0.3 is 5.32 Å². The molecule has 2 nitrogen and oxygen atoms in total. The van der Waals surface area contributed by atoms with Crippen LogP contribution in [-0.4, -0.2) is 11.5 Å². The average Bonchev–Trinajstić information content (AvgIpc) is 2.80. The largest absolute Gasteiger partial charge is 0.310 e. The molecule has 1 N–H and O–H groups in total. The number of nitrogens with zero attached hydrogens (tertiary/aromatic N) is 1. The predicted molar refractivity (Wildman–Crippen MR) is 76.6 cm³/mol. The molecule has 0 atom stereocenters. The zero-order valence-electron chi connectivity index (χ0n) is 11.3. The number of hydrogen-bond acceptors (Lipinski definition) is 3. The fourth-order valence-electron chi connectivity index (χ4n) is 1.82. The van der Waals surface area contributed by atoms with Gasteiger partial charge in [-0.25, -0.2) is 4.98 Å². The maximum absolute atomic E-state index is 4.40. The molecule has 98 valence electrons. The van der Waals surface area contributed by atoms with Gasteiger partial charge in [-0.2, -0.15) is 0 Å². The van der Waals surface area contributed by atoms with Crippen molar-refractivity contribution in [3.8, 4) is 0 Å². The molecule has 0 bridgehead atoms. The molecule has 1 rings (SSSR count). The number of thiazole rings is 1. The third-order valence-corrected chi connectivity index (χ3v) is 4.07. The number of aryl methyl sites for hydroxylation is 1. The van der Waals surface area contributed by atoms with Crippen LogP contribution in [0.15, 0.2) is 6.20 Å². The van der Waals surface area contributed by atoms with Gasteiger partial charge in [-0.15, -0.1) is 11.3 Å². The Bertz CT molecular complexity index is 284. The van der Waals surface area contributed by atoms with Crippen molar-refractivity contribution in [2.75, 3.05) is 6.54 Å². The minimum Gasteiger partial charge on any atom is -0.310 e. The molecule has 0 aliphatic carbocycles. The van der Waals surface area contributed by atoms with Gasteiger partial charge in [0.05, 0.1) is 0 Å². The van der Waals surface area contributed by atoms with E-state index in [2.05, 4.69) is 24.1 Å². The van der Waals surface area contributed by atoms with Crippen molar-refractivity contribution in [2.45, 2.75) is 65.3 Å². The van der Waals surface area contributed by atoms with Crippen molar-refractivity contribution >= 4 is 11.3 Å². The highest BCUT2D eigenvalue weighted by molar-refractivity contribution is 7.11. The summed E-state index contributed by atoms with van der Waals surface area (Å²) in [5.41, 5.74) is 0. The van der Waals surface area contributed by atoms with Crippen LogP contribution >= 0.6 is 11.3 Å².